The third-order valence-electron chi connectivity index (χ3n) is 8.18. The molecule has 0 radical (unpaired) electrons. The molecule has 0 aliphatic carbocycles. The summed E-state index contributed by atoms with van der Waals surface area (Å²) < 4.78 is 32.6. The third-order valence-corrected chi connectivity index (χ3v) is 13.2. The number of anilines is 1. The Labute approximate surface area is 255 Å². The maximum absolute atomic E-state index is 13.4. The summed E-state index contributed by atoms with van der Waals surface area (Å²) in [5, 5.41) is 2.44. The molecule has 1 aromatic carbocycles. The molecule has 0 saturated heterocycles. The van der Waals surface area contributed by atoms with Crippen molar-refractivity contribution in [2.45, 2.75) is 98.4 Å². The van der Waals surface area contributed by atoms with Gasteiger partial charge in [-0.3, -0.25) is 13.9 Å². The van der Waals surface area contributed by atoms with E-state index in [1.54, 1.807) is 36.4 Å². The van der Waals surface area contributed by atoms with Crippen LogP contribution in [0.3, 0.4) is 0 Å². The molecule has 2 aromatic rings. The quantitative estimate of drug-likeness (QED) is 0.226. The second-order valence-corrected chi connectivity index (χ2v) is 20.4. The van der Waals surface area contributed by atoms with Gasteiger partial charge in [-0.1, -0.05) is 80.5 Å². The van der Waals surface area contributed by atoms with E-state index in [4.69, 9.17) is 13.7 Å². The Morgan fingerprint density at radius 3 is 2.02 bits per heavy atom. The lowest BCUT2D eigenvalue weighted by molar-refractivity contribution is -0.142. The second kappa shape index (κ2) is 11.7. The molecule has 0 bridgehead atoms. The highest BCUT2D eigenvalue weighted by molar-refractivity contribution is 7.46. The van der Waals surface area contributed by atoms with Crippen LogP contribution >= 0.6 is 7.82 Å². The van der Waals surface area contributed by atoms with Gasteiger partial charge >= 0.3 is 13.5 Å². The van der Waals surface area contributed by atoms with E-state index in [9.17, 15) is 23.9 Å². The largest absolute Gasteiger partial charge is 0.470 e. The smallest absolute Gasteiger partial charge is 0.468 e. The van der Waals surface area contributed by atoms with E-state index in [0.29, 0.717) is 5.56 Å². The fourth-order valence-electron chi connectivity index (χ4n) is 5.31. The van der Waals surface area contributed by atoms with Crippen LogP contribution in [0.1, 0.15) is 78.9 Å². The first-order valence-electron chi connectivity index (χ1n) is 14.2. The van der Waals surface area contributed by atoms with Crippen LogP contribution in [0.2, 0.25) is 18.1 Å². The number of nitrogens with one attached hydrogen (secondary N) is 1. The highest BCUT2D eigenvalue weighted by Gasteiger charge is 2.61. The van der Waals surface area contributed by atoms with Gasteiger partial charge in [0.1, 0.15) is 23.3 Å². The summed E-state index contributed by atoms with van der Waals surface area (Å²) in [6.45, 7) is 21.2. The first kappa shape index (κ1) is 34.9. The van der Waals surface area contributed by atoms with Crippen molar-refractivity contribution in [3.8, 4) is 0 Å². The number of benzene rings is 1. The number of phosphoric ester groups is 1. The van der Waals surface area contributed by atoms with Crippen molar-refractivity contribution in [3.05, 3.63) is 70.5 Å². The maximum Gasteiger partial charge on any atom is 0.470 e. The molecule has 3 N–H and O–H groups in total. The lowest BCUT2D eigenvalue weighted by Gasteiger charge is -2.52. The predicted molar refractivity (Wildman–Crippen MR) is 168 cm³/mol. The van der Waals surface area contributed by atoms with Crippen LogP contribution in [0.4, 0.5) is 5.82 Å². The number of carbonyl (C=O) groups is 1. The van der Waals surface area contributed by atoms with Crippen molar-refractivity contribution in [3.63, 3.8) is 0 Å². The molecular weight excluding hydrogens is 589 g/mol. The number of nitrogens with zero attached hydrogens (tertiary/aromatic N) is 2. The number of phosphoric acid groups is 1. The predicted octanol–water partition coefficient (Wildman–Crippen LogP) is 6.24. The molecule has 0 saturated carbocycles. The molecule has 2 heterocycles. The van der Waals surface area contributed by atoms with Crippen LogP contribution in [-0.2, 0) is 18.3 Å². The van der Waals surface area contributed by atoms with Gasteiger partial charge in [0.2, 0.25) is 6.23 Å². The standard InChI is InChI=1S/C30H46N3O8PSi/c1-27(2,3)30(28(4,5)6,41-42(36,37)38)22-19-21(40-43(10,11)29(7,8)9)25(39-22)33-18-17-23(32-26(33)35)31-24(34)20-15-13-12-14-16-20/h12-19,21,25H,1-11H3,(H2,36,37,38)(H,31,32,34,35)/t21-,25-/m1/s1. The first-order valence-corrected chi connectivity index (χ1v) is 18.6. The van der Waals surface area contributed by atoms with Crippen LogP contribution in [0.5, 0.6) is 0 Å². The molecule has 1 aliphatic heterocycles. The minimum absolute atomic E-state index is 0.0618. The SMILES string of the molecule is CC(C)(C)C(OP(=O)(O)O)(C1=C[C@@H](O[Si](C)(C)C(C)(C)C)[C@H](n2ccc(NC(=O)c3ccccc3)nc2=O)O1)C(C)(C)C. The molecule has 11 nitrogen and oxygen atoms in total. The minimum atomic E-state index is -5.04. The van der Waals surface area contributed by atoms with Gasteiger partial charge in [0.05, 0.1) is 0 Å². The monoisotopic (exact) mass is 635 g/mol. The number of ether oxygens (including phenoxy) is 1. The highest BCUT2D eigenvalue weighted by atomic mass is 31.2. The number of amides is 1. The van der Waals surface area contributed by atoms with Crippen molar-refractivity contribution < 1.29 is 32.8 Å². The molecule has 0 spiro atoms. The number of rotatable bonds is 8. The summed E-state index contributed by atoms with van der Waals surface area (Å²) in [4.78, 5) is 50.3. The Morgan fingerprint density at radius 2 is 1.56 bits per heavy atom. The molecule has 0 unspecified atom stereocenters. The van der Waals surface area contributed by atoms with Crippen LogP contribution in [-0.4, -0.2) is 45.3 Å². The Kier molecular flexibility index (Phi) is 9.51. The van der Waals surface area contributed by atoms with E-state index < -0.39 is 56.5 Å². The van der Waals surface area contributed by atoms with Crippen molar-refractivity contribution in [1.82, 2.24) is 9.55 Å². The lowest BCUT2D eigenvalue weighted by Crippen LogP contribution is -2.56. The average molecular weight is 636 g/mol. The van der Waals surface area contributed by atoms with Crippen molar-refractivity contribution in [2.75, 3.05) is 5.32 Å². The number of hydrogen-bond donors (Lipinski definition) is 3. The van der Waals surface area contributed by atoms with E-state index in [0.717, 1.165) is 0 Å². The van der Waals surface area contributed by atoms with Crippen LogP contribution in [0.15, 0.2) is 59.2 Å². The summed E-state index contributed by atoms with van der Waals surface area (Å²) in [6, 6.07) is 10.0. The molecule has 43 heavy (non-hydrogen) atoms. The summed E-state index contributed by atoms with van der Waals surface area (Å²) in [6.07, 6.45) is 1.26. The molecule has 2 atom stereocenters. The molecule has 0 fully saturated rings. The number of hydrogen-bond acceptors (Lipinski definition) is 7. The van der Waals surface area contributed by atoms with Gasteiger partial charge < -0.3 is 24.3 Å². The van der Waals surface area contributed by atoms with Gasteiger partial charge in [0, 0.05) is 11.8 Å². The zero-order valence-corrected chi connectivity index (χ0v) is 28.9. The van der Waals surface area contributed by atoms with E-state index >= 15 is 0 Å². The minimum Gasteiger partial charge on any atom is -0.468 e. The molecule has 1 aliphatic rings. The van der Waals surface area contributed by atoms with E-state index in [1.807, 2.05) is 41.5 Å². The van der Waals surface area contributed by atoms with E-state index in [1.165, 1.54) is 16.8 Å². The van der Waals surface area contributed by atoms with E-state index in [-0.39, 0.29) is 16.6 Å². The maximum atomic E-state index is 13.4. The van der Waals surface area contributed by atoms with Gasteiger partial charge in [-0.15, -0.1) is 0 Å². The fraction of sp³-hybridized carbons (Fsp3) is 0.567. The van der Waals surface area contributed by atoms with Crippen molar-refractivity contribution >= 4 is 27.9 Å². The van der Waals surface area contributed by atoms with Crippen LogP contribution in [0, 0.1) is 10.8 Å². The Hall–Kier alpha value is -2.60. The number of aromatic nitrogens is 2. The molecule has 238 valence electrons. The van der Waals surface area contributed by atoms with E-state index in [2.05, 4.69) is 44.2 Å². The molecule has 3 rings (SSSR count). The molecule has 1 aromatic heterocycles. The molecular formula is C30H46N3O8PSi. The summed E-state index contributed by atoms with van der Waals surface area (Å²) in [5.41, 5.74) is -3.70. The van der Waals surface area contributed by atoms with Gasteiger partial charge in [-0.25, -0.2) is 9.36 Å². The van der Waals surface area contributed by atoms with Gasteiger partial charge in [0.15, 0.2) is 8.32 Å². The van der Waals surface area contributed by atoms with Gasteiger partial charge in [0.25, 0.3) is 5.91 Å². The zero-order chi connectivity index (χ0) is 32.8. The van der Waals surface area contributed by atoms with Gasteiger partial charge in [-0.05, 0) is 53.2 Å². The summed E-state index contributed by atoms with van der Waals surface area (Å²) in [7, 11) is -7.51. The van der Waals surface area contributed by atoms with Gasteiger partial charge in [-0.2, -0.15) is 4.98 Å². The Bertz CT molecular complexity index is 1450. The lowest BCUT2D eigenvalue weighted by atomic mass is 9.61. The zero-order valence-electron chi connectivity index (χ0n) is 27.0. The van der Waals surface area contributed by atoms with Crippen LogP contribution < -0.4 is 11.0 Å². The average Bonchev–Trinajstić information content (AvgIpc) is 3.23. The van der Waals surface area contributed by atoms with Crippen molar-refractivity contribution in [2.24, 2.45) is 10.8 Å². The topological polar surface area (TPSA) is 149 Å². The normalized spacial score (nSPS) is 18.7. The second-order valence-electron chi connectivity index (χ2n) is 14.5. The molecule has 13 heteroatoms. The highest BCUT2D eigenvalue weighted by Crippen LogP contribution is 2.60. The molecule has 1 amide bonds. The Balaban J connectivity index is 2.13. The summed E-state index contributed by atoms with van der Waals surface area (Å²) in [5.74, 6) is -0.204. The first-order chi connectivity index (χ1) is 19.4. The summed E-state index contributed by atoms with van der Waals surface area (Å²) >= 11 is 0. The van der Waals surface area contributed by atoms with Crippen molar-refractivity contribution in [1.29, 1.82) is 0 Å². The fourth-order valence-corrected chi connectivity index (χ4v) is 7.52. The third kappa shape index (κ3) is 7.38. The van der Waals surface area contributed by atoms with Crippen LogP contribution in [0.25, 0.3) is 0 Å². The number of carbonyl (C=O) groups excluding carboxylic acids is 1. The Morgan fingerprint density at radius 1 is 1.00 bits per heavy atom.